The molecule has 2 heteroatoms. The third kappa shape index (κ3) is 4.12. The number of amidine groups is 1. The third-order valence-corrected chi connectivity index (χ3v) is 2.84. The standard InChI is InChI=1S/C12H26N2/c1-7-10(8-2)9(3)14-11(13)12(4,5)6/h9-10H,7-8H2,1-6H3,(H2,13,14). The number of hydrogen-bond donors (Lipinski definition) is 1. The Morgan fingerprint density at radius 1 is 1.21 bits per heavy atom. The van der Waals surface area contributed by atoms with E-state index in [1.807, 2.05) is 0 Å². The van der Waals surface area contributed by atoms with Crippen molar-refractivity contribution < 1.29 is 0 Å². The number of aliphatic imine (C=N–C) groups is 1. The van der Waals surface area contributed by atoms with E-state index in [1.165, 1.54) is 12.8 Å². The summed E-state index contributed by atoms with van der Waals surface area (Å²) in [5.41, 5.74) is 5.95. The molecule has 0 aliphatic carbocycles. The van der Waals surface area contributed by atoms with Crippen LogP contribution in [0.15, 0.2) is 4.99 Å². The second kappa shape index (κ2) is 5.38. The highest BCUT2D eigenvalue weighted by Crippen LogP contribution is 2.19. The van der Waals surface area contributed by atoms with Crippen molar-refractivity contribution in [3.8, 4) is 0 Å². The summed E-state index contributed by atoms with van der Waals surface area (Å²) in [5.74, 6) is 1.44. The van der Waals surface area contributed by atoms with Gasteiger partial charge in [-0.05, 0) is 12.8 Å². The van der Waals surface area contributed by atoms with E-state index < -0.39 is 0 Å². The molecular weight excluding hydrogens is 172 g/mol. The fraction of sp³-hybridized carbons (Fsp3) is 0.917. The second-order valence-electron chi connectivity index (χ2n) is 5.08. The maximum atomic E-state index is 5.95. The lowest BCUT2D eigenvalue weighted by atomic mass is 9.93. The number of hydrogen-bond acceptors (Lipinski definition) is 1. The lowest BCUT2D eigenvalue weighted by Crippen LogP contribution is -2.31. The van der Waals surface area contributed by atoms with Crippen molar-refractivity contribution in [2.45, 2.75) is 60.4 Å². The van der Waals surface area contributed by atoms with Crippen molar-refractivity contribution in [3.63, 3.8) is 0 Å². The molecule has 0 rings (SSSR count). The van der Waals surface area contributed by atoms with Gasteiger partial charge < -0.3 is 5.73 Å². The van der Waals surface area contributed by atoms with Crippen molar-refractivity contribution in [3.05, 3.63) is 0 Å². The predicted molar refractivity (Wildman–Crippen MR) is 64.6 cm³/mol. The molecule has 0 radical (unpaired) electrons. The molecule has 2 N–H and O–H groups in total. The van der Waals surface area contributed by atoms with E-state index in [9.17, 15) is 0 Å². The summed E-state index contributed by atoms with van der Waals surface area (Å²) < 4.78 is 0. The first-order valence-corrected chi connectivity index (χ1v) is 5.66. The van der Waals surface area contributed by atoms with Gasteiger partial charge in [0.25, 0.3) is 0 Å². The molecule has 0 aromatic carbocycles. The van der Waals surface area contributed by atoms with Crippen LogP contribution in [-0.2, 0) is 0 Å². The van der Waals surface area contributed by atoms with Crippen LogP contribution in [0.25, 0.3) is 0 Å². The van der Waals surface area contributed by atoms with Crippen LogP contribution in [0.2, 0.25) is 0 Å². The van der Waals surface area contributed by atoms with Gasteiger partial charge in [-0.2, -0.15) is 0 Å². The van der Waals surface area contributed by atoms with Gasteiger partial charge in [-0.3, -0.25) is 4.99 Å². The predicted octanol–water partition coefficient (Wildman–Crippen LogP) is 3.21. The average molecular weight is 198 g/mol. The molecule has 14 heavy (non-hydrogen) atoms. The molecule has 0 amide bonds. The molecule has 2 nitrogen and oxygen atoms in total. The van der Waals surface area contributed by atoms with Crippen LogP contribution < -0.4 is 5.73 Å². The Hall–Kier alpha value is -0.530. The third-order valence-electron chi connectivity index (χ3n) is 2.84. The van der Waals surface area contributed by atoms with E-state index in [1.54, 1.807) is 0 Å². The smallest absolute Gasteiger partial charge is 0.0994 e. The van der Waals surface area contributed by atoms with Crippen LogP contribution in [0.3, 0.4) is 0 Å². The summed E-state index contributed by atoms with van der Waals surface area (Å²) in [7, 11) is 0. The van der Waals surface area contributed by atoms with Crippen molar-refractivity contribution in [2.75, 3.05) is 0 Å². The van der Waals surface area contributed by atoms with E-state index in [4.69, 9.17) is 5.73 Å². The van der Waals surface area contributed by atoms with Crippen LogP contribution in [0.4, 0.5) is 0 Å². The summed E-state index contributed by atoms with van der Waals surface area (Å²) >= 11 is 0. The summed E-state index contributed by atoms with van der Waals surface area (Å²) in [6.07, 6.45) is 2.36. The second-order valence-corrected chi connectivity index (χ2v) is 5.08. The minimum atomic E-state index is 0.000291. The number of rotatable bonds is 4. The molecule has 0 bridgehead atoms. The maximum Gasteiger partial charge on any atom is 0.0994 e. The average Bonchev–Trinajstić information content (AvgIpc) is 2.04. The van der Waals surface area contributed by atoms with Gasteiger partial charge in [-0.15, -0.1) is 0 Å². The Balaban J connectivity index is 4.48. The molecule has 0 spiro atoms. The Morgan fingerprint density at radius 3 is 1.93 bits per heavy atom. The molecular formula is C12H26N2. The normalized spacial score (nSPS) is 16.1. The van der Waals surface area contributed by atoms with E-state index in [-0.39, 0.29) is 5.41 Å². The largest absolute Gasteiger partial charge is 0.387 e. The fourth-order valence-corrected chi connectivity index (χ4v) is 1.49. The maximum absolute atomic E-state index is 5.95. The van der Waals surface area contributed by atoms with E-state index in [2.05, 4.69) is 46.5 Å². The van der Waals surface area contributed by atoms with Crippen molar-refractivity contribution in [1.29, 1.82) is 0 Å². The van der Waals surface area contributed by atoms with Crippen LogP contribution in [0.5, 0.6) is 0 Å². The SMILES string of the molecule is CCC(CC)C(C)N=C(N)C(C)(C)C. The zero-order valence-electron chi connectivity index (χ0n) is 10.6. The van der Waals surface area contributed by atoms with Gasteiger partial charge in [0.1, 0.15) is 0 Å². The van der Waals surface area contributed by atoms with Gasteiger partial charge in [-0.1, -0.05) is 47.5 Å². The van der Waals surface area contributed by atoms with Crippen LogP contribution in [0.1, 0.15) is 54.4 Å². The molecule has 0 aliphatic heterocycles. The molecule has 0 aromatic heterocycles. The van der Waals surface area contributed by atoms with E-state index in [0.717, 1.165) is 5.84 Å². The van der Waals surface area contributed by atoms with Crippen molar-refractivity contribution in [1.82, 2.24) is 0 Å². The van der Waals surface area contributed by atoms with Crippen molar-refractivity contribution in [2.24, 2.45) is 22.1 Å². The van der Waals surface area contributed by atoms with Crippen molar-refractivity contribution >= 4 is 5.84 Å². The molecule has 0 saturated carbocycles. The molecule has 0 heterocycles. The van der Waals surface area contributed by atoms with Gasteiger partial charge in [0.15, 0.2) is 0 Å². The zero-order valence-corrected chi connectivity index (χ0v) is 10.6. The minimum absolute atomic E-state index is 0.000291. The van der Waals surface area contributed by atoms with Gasteiger partial charge in [0, 0.05) is 5.41 Å². The minimum Gasteiger partial charge on any atom is -0.387 e. The fourth-order valence-electron chi connectivity index (χ4n) is 1.49. The quantitative estimate of drug-likeness (QED) is 0.546. The number of nitrogens with zero attached hydrogens (tertiary/aromatic N) is 1. The molecule has 0 aromatic rings. The van der Waals surface area contributed by atoms with Crippen LogP contribution in [0, 0.1) is 11.3 Å². The van der Waals surface area contributed by atoms with Gasteiger partial charge in [0.2, 0.25) is 0 Å². The Kier molecular flexibility index (Phi) is 5.17. The molecule has 0 saturated heterocycles. The lowest BCUT2D eigenvalue weighted by molar-refractivity contribution is 0.414. The monoisotopic (exact) mass is 198 g/mol. The first-order valence-electron chi connectivity index (χ1n) is 5.66. The van der Waals surface area contributed by atoms with Crippen LogP contribution >= 0.6 is 0 Å². The van der Waals surface area contributed by atoms with E-state index in [0.29, 0.717) is 12.0 Å². The first kappa shape index (κ1) is 13.5. The Labute approximate surface area is 89.0 Å². The zero-order chi connectivity index (χ0) is 11.4. The summed E-state index contributed by atoms with van der Waals surface area (Å²) in [6, 6.07) is 0.351. The molecule has 0 fully saturated rings. The Bertz CT molecular complexity index is 185. The highest BCUT2D eigenvalue weighted by Gasteiger charge is 2.18. The highest BCUT2D eigenvalue weighted by molar-refractivity contribution is 5.85. The van der Waals surface area contributed by atoms with Crippen LogP contribution in [-0.4, -0.2) is 11.9 Å². The molecule has 0 aliphatic rings. The Morgan fingerprint density at radius 2 is 1.64 bits per heavy atom. The molecule has 84 valence electrons. The summed E-state index contributed by atoms with van der Waals surface area (Å²) in [5, 5.41) is 0. The topological polar surface area (TPSA) is 38.4 Å². The summed E-state index contributed by atoms with van der Waals surface area (Å²) in [4.78, 5) is 4.58. The van der Waals surface area contributed by atoms with E-state index >= 15 is 0 Å². The van der Waals surface area contributed by atoms with Gasteiger partial charge >= 0.3 is 0 Å². The highest BCUT2D eigenvalue weighted by atomic mass is 14.9. The number of nitrogens with two attached hydrogens (primary N) is 1. The first-order chi connectivity index (χ1) is 6.32. The lowest BCUT2D eigenvalue weighted by Gasteiger charge is -2.23. The van der Waals surface area contributed by atoms with Gasteiger partial charge in [0.05, 0.1) is 11.9 Å². The molecule has 1 unspecified atom stereocenters. The van der Waals surface area contributed by atoms with Gasteiger partial charge in [-0.25, -0.2) is 0 Å². The summed E-state index contributed by atoms with van der Waals surface area (Å²) in [6.45, 7) is 12.9. The molecule has 1 atom stereocenters.